The van der Waals surface area contributed by atoms with Crippen LogP contribution in [0.25, 0.3) is 0 Å². The lowest BCUT2D eigenvalue weighted by Crippen LogP contribution is -2.38. The maximum Gasteiger partial charge on any atom is 0.0159 e. The zero-order chi connectivity index (χ0) is 10.9. The summed E-state index contributed by atoms with van der Waals surface area (Å²) in [5, 5.41) is 3.67. The average Bonchev–Trinajstić information content (AvgIpc) is 2.28. The van der Waals surface area contributed by atoms with Gasteiger partial charge in [0.25, 0.3) is 0 Å². The van der Waals surface area contributed by atoms with E-state index in [2.05, 4.69) is 35.9 Å². The van der Waals surface area contributed by atoms with Gasteiger partial charge in [-0.2, -0.15) is 11.8 Å². The van der Waals surface area contributed by atoms with Gasteiger partial charge in [-0.05, 0) is 38.6 Å². The van der Waals surface area contributed by atoms with Gasteiger partial charge in [0.15, 0.2) is 0 Å². The molecule has 0 radical (unpaired) electrons. The van der Waals surface area contributed by atoms with Crippen LogP contribution in [-0.4, -0.2) is 49.1 Å². The molecule has 1 aliphatic heterocycles. The largest absolute Gasteiger partial charge is 0.312 e. The molecule has 0 aromatic rings. The van der Waals surface area contributed by atoms with Crippen molar-refractivity contribution in [2.75, 3.05) is 38.2 Å². The van der Waals surface area contributed by atoms with E-state index in [1.54, 1.807) is 0 Å². The van der Waals surface area contributed by atoms with Crippen LogP contribution < -0.4 is 5.32 Å². The molecule has 90 valence electrons. The molecule has 2 nitrogen and oxygen atoms in total. The molecule has 3 heteroatoms. The molecule has 1 fully saturated rings. The fourth-order valence-corrected chi connectivity index (χ4v) is 3.01. The predicted molar refractivity (Wildman–Crippen MR) is 70.8 cm³/mol. The highest BCUT2D eigenvalue weighted by Gasteiger charge is 2.12. The molecule has 1 unspecified atom stereocenters. The minimum atomic E-state index is 0.781. The zero-order valence-electron chi connectivity index (χ0n) is 10.3. The molecule has 0 amide bonds. The Morgan fingerprint density at radius 2 is 2.27 bits per heavy atom. The van der Waals surface area contributed by atoms with Gasteiger partial charge in [0.2, 0.25) is 0 Å². The zero-order valence-corrected chi connectivity index (χ0v) is 11.1. The summed E-state index contributed by atoms with van der Waals surface area (Å²) in [6, 6.07) is 0.781. The van der Waals surface area contributed by atoms with E-state index < -0.39 is 0 Å². The predicted octanol–water partition coefficient (Wildman–Crippen LogP) is 2.20. The molecule has 15 heavy (non-hydrogen) atoms. The Morgan fingerprint density at radius 1 is 1.40 bits per heavy atom. The van der Waals surface area contributed by atoms with Gasteiger partial charge >= 0.3 is 0 Å². The fraction of sp³-hybridized carbons (Fsp3) is 1.00. The first-order chi connectivity index (χ1) is 7.33. The molecular formula is C12H26N2S. The fourth-order valence-electron chi connectivity index (χ4n) is 1.90. The first-order valence-electron chi connectivity index (χ1n) is 6.32. The maximum absolute atomic E-state index is 3.67. The Morgan fingerprint density at radius 3 is 2.93 bits per heavy atom. The van der Waals surface area contributed by atoms with Gasteiger partial charge in [-0.15, -0.1) is 0 Å². The van der Waals surface area contributed by atoms with Crippen LogP contribution in [-0.2, 0) is 0 Å². The third-order valence-corrected chi connectivity index (χ3v) is 4.20. The Hall–Kier alpha value is 0.270. The topological polar surface area (TPSA) is 15.3 Å². The van der Waals surface area contributed by atoms with Crippen LogP contribution in [0.4, 0.5) is 0 Å². The Balaban J connectivity index is 1.94. The maximum atomic E-state index is 3.67. The summed E-state index contributed by atoms with van der Waals surface area (Å²) in [7, 11) is 2.23. The van der Waals surface area contributed by atoms with E-state index in [-0.39, 0.29) is 0 Å². The molecule has 0 bridgehead atoms. The lowest BCUT2D eigenvalue weighted by molar-refractivity contribution is 0.318. The van der Waals surface area contributed by atoms with E-state index in [0.29, 0.717) is 0 Å². The number of thioether (sulfide) groups is 1. The molecule has 0 aliphatic carbocycles. The summed E-state index contributed by atoms with van der Waals surface area (Å²) < 4.78 is 0. The van der Waals surface area contributed by atoms with Crippen LogP contribution in [0.3, 0.4) is 0 Å². The van der Waals surface area contributed by atoms with E-state index >= 15 is 0 Å². The van der Waals surface area contributed by atoms with Gasteiger partial charge < -0.3 is 10.2 Å². The summed E-state index contributed by atoms with van der Waals surface area (Å²) >= 11 is 2.10. The highest BCUT2D eigenvalue weighted by atomic mass is 32.2. The van der Waals surface area contributed by atoms with Crippen LogP contribution in [0.1, 0.15) is 32.6 Å². The van der Waals surface area contributed by atoms with Crippen molar-refractivity contribution in [2.45, 2.75) is 38.6 Å². The second-order valence-electron chi connectivity index (χ2n) is 4.53. The van der Waals surface area contributed by atoms with Crippen molar-refractivity contribution < 1.29 is 0 Å². The summed E-state index contributed by atoms with van der Waals surface area (Å²) in [4.78, 5) is 2.44. The average molecular weight is 230 g/mol. The Kier molecular flexibility index (Phi) is 7.49. The Bertz CT molecular complexity index is 147. The number of hydrogen-bond donors (Lipinski definition) is 1. The third-order valence-electron chi connectivity index (χ3n) is 2.98. The first-order valence-corrected chi connectivity index (χ1v) is 7.48. The van der Waals surface area contributed by atoms with Gasteiger partial charge in [-0.1, -0.05) is 13.3 Å². The highest BCUT2D eigenvalue weighted by molar-refractivity contribution is 7.99. The number of rotatable bonds is 7. The van der Waals surface area contributed by atoms with Gasteiger partial charge in [-0.25, -0.2) is 0 Å². The monoisotopic (exact) mass is 230 g/mol. The first kappa shape index (κ1) is 13.3. The van der Waals surface area contributed by atoms with Gasteiger partial charge in [-0.3, -0.25) is 0 Å². The van der Waals surface area contributed by atoms with Gasteiger partial charge in [0.05, 0.1) is 0 Å². The summed E-state index contributed by atoms with van der Waals surface area (Å²) in [6.45, 7) is 5.86. The quantitative estimate of drug-likeness (QED) is 0.722. The second kappa shape index (κ2) is 8.43. The van der Waals surface area contributed by atoms with E-state index in [1.807, 2.05) is 0 Å². The van der Waals surface area contributed by atoms with Gasteiger partial charge in [0, 0.05) is 24.9 Å². The summed E-state index contributed by atoms with van der Waals surface area (Å²) in [6.07, 6.45) is 5.41. The number of likely N-dealkylation sites (N-methyl/N-ethyl adjacent to an activating group) is 1. The molecule has 1 N–H and O–H groups in total. The van der Waals surface area contributed by atoms with Crippen molar-refractivity contribution in [1.29, 1.82) is 0 Å². The minimum absolute atomic E-state index is 0.781. The van der Waals surface area contributed by atoms with Gasteiger partial charge in [0.1, 0.15) is 0 Å². The van der Waals surface area contributed by atoms with Crippen molar-refractivity contribution in [3.8, 4) is 0 Å². The van der Waals surface area contributed by atoms with Crippen molar-refractivity contribution >= 4 is 11.8 Å². The highest BCUT2D eigenvalue weighted by Crippen LogP contribution is 2.16. The van der Waals surface area contributed by atoms with Crippen molar-refractivity contribution in [2.24, 2.45) is 0 Å². The van der Waals surface area contributed by atoms with Crippen LogP contribution in [0.15, 0.2) is 0 Å². The number of nitrogens with one attached hydrogen (secondary N) is 1. The molecule has 1 saturated heterocycles. The van der Waals surface area contributed by atoms with E-state index in [1.165, 1.54) is 50.3 Å². The Labute approximate surface area is 99.2 Å². The molecule has 1 atom stereocenters. The number of nitrogens with zero attached hydrogens (tertiary/aromatic N) is 1. The number of unbranched alkanes of at least 4 members (excludes halogenated alkanes) is 1. The van der Waals surface area contributed by atoms with E-state index in [0.717, 1.165) is 12.6 Å². The van der Waals surface area contributed by atoms with Crippen molar-refractivity contribution in [1.82, 2.24) is 10.2 Å². The van der Waals surface area contributed by atoms with Crippen LogP contribution >= 0.6 is 11.8 Å². The van der Waals surface area contributed by atoms with Crippen LogP contribution in [0, 0.1) is 0 Å². The third kappa shape index (κ3) is 6.44. The number of hydrogen-bond acceptors (Lipinski definition) is 3. The molecule has 1 heterocycles. The smallest absolute Gasteiger partial charge is 0.0159 e. The summed E-state index contributed by atoms with van der Waals surface area (Å²) in [5.41, 5.74) is 0. The van der Waals surface area contributed by atoms with Crippen LogP contribution in [0.2, 0.25) is 0 Å². The van der Waals surface area contributed by atoms with Crippen LogP contribution in [0.5, 0.6) is 0 Å². The lowest BCUT2D eigenvalue weighted by atomic mass is 10.2. The van der Waals surface area contributed by atoms with E-state index in [4.69, 9.17) is 0 Å². The SMILES string of the molecule is CCCCN(C)CCNC1CCCSC1. The second-order valence-corrected chi connectivity index (χ2v) is 5.67. The molecule has 0 aromatic heterocycles. The normalized spacial score (nSPS) is 22.2. The molecule has 0 aromatic carbocycles. The summed E-state index contributed by atoms with van der Waals surface area (Å²) in [5.74, 6) is 2.69. The minimum Gasteiger partial charge on any atom is -0.312 e. The molecular weight excluding hydrogens is 204 g/mol. The van der Waals surface area contributed by atoms with Crippen molar-refractivity contribution in [3.05, 3.63) is 0 Å². The lowest BCUT2D eigenvalue weighted by Gasteiger charge is -2.24. The molecule has 1 rings (SSSR count). The molecule has 0 saturated carbocycles. The molecule has 1 aliphatic rings. The van der Waals surface area contributed by atoms with Crippen molar-refractivity contribution in [3.63, 3.8) is 0 Å². The standard InChI is InChI=1S/C12H26N2S/c1-3-4-8-14(2)9-7-13-12-6-5-10-15-11-12/h12-13H,3-11H2,1-2H3. The molecule has 0 spiro atoms. The van der Waals surface area contributed by atoms with E-state index in [9.17, 15) is 0 Å².